The number of carbonyl (C=O) groups excluding carboxylic acids is 1. The lowest BCUT2D eigenvalue weighted by atomic mass is 10.2. The molecule has 0 atom stereocenters. The van der Waals surface area contributed by atoms with Crippen LogP contribution < -0.4 is 10.6 Å². The second-order valence-corrected chi connectivity index (χ2v) is 5.56. The minimum Gasteiger partial charge on any atom is -0.462 e. The molecule has 1 aliphatic rings. The first-order chi connectivity index (χ1) is 11.1. The van der Waals surface area contributed by atoms with Crippen LogP contribution in [0.2, 0.25) is 0 Å². The van der Waals surface area contributed by atoms with Gasteiger partial charge in [-0.2, -0.15) is 4.98 Å². The first-order valence-electron chi connectivity index (χ1n) is 7.80. The van der Waals surface area contributed by atoms with Crippen LogP contribution in [0.25, 0.3) is 0 Å². The Hall–Kier alpha value is -2.63. The summed E-state index contributed by atoms with van der Waals surface area (Å²) in [5, 5.41) is 6.53. The van der Waals surface area contributed by atoms with Gasteiger partial charge in [0.15, 0.2) is 0 Å². The zero-order chi connectivity index (χ0) is 16.2. The van der Waals surface area contributed by atoms with Crippen molar-refractivity contribution in [3.05, 3.63) is 41.6 Å². The SMILES string of the molecule is CCOC(=O)c1ccc(Nc2nc(C)cc(NC3CC3)n2)cc1. The molecule has 6 nitrogen and oxygen atoms in total. The summed E-state index contributed by atoms with van der Waals surface area (Å²) in [5.41, 5.74) is 2.24. The van der Waals surface area contributed by atoms with Gasteiger partial charge in [0.25, 0.3) is 0 Å². The second kappa shape index (κ2) is 6.64. The van der Waals surface area contributed by atoms with Gasteiger partial charge in [-0.3, -0.25) is 0 Å². The van der Waals surface area contributed by atoms with Crippen LogP contribution in [0.5, 0.6) is 0 Å². The summed E-state index contributed by atoms with van der Waals surface area (Å²) in [6.07, 6.45) is 2.39. The molecule has 2 N–H and O–H groups in total. The Morgan fingerprint density at radius 1 is 1.26 bits per heavy atom. The number of rotatable bonds is 6. The van der Waals surface area contributed by atoms with Crippen LogP contribution in [0.4, 0.5) is 17.5 Å². The summed E-state index contributed by atoms with van der Waals surface area (Å²) in [6.45, 7) is 4.09. The number of benzene rings is 1. The van der Waals surface area contributed by atoms with Crippen molar-refractivity contribution in [3.8, 4) is 0 Å². The number of nitrogens with zero attached hydrogens (tertiary/aromatic N) is 2. The molecule has 1 heterocycles. The highest BCUT2D eigenvalue weighted by atomic mass is 16.5. The Bertz CT molecular complexity index is 696. The molecule has 23 heavy (non-hydrogen) atoms. The predicted molar refractivity (Wildman–Crippen MR) is 89.1 cm³/mol. The Morgan fingerprint density at radius 2 is 2.00 bits per heavy atom. The molecule has 0 radical (unpaired) electrons. The molecular formula is C17H20N4O2. The van der Waals surface area contributed by atoms with E-state index in [0.717, 1.165) is 17.2 Å². The second-order valence-electron chi connectivity index (χ2n) is 5.56. The van der Waals surface area contributed by atoms with Crippen molar-refractivity contribution in [3.63, 3.8) is 0 Å². The fourth-order valence-electron chi connectivity index (χ4n) is 2.17. The van der Waals surface area contributed by atoms with Crippen LogP contribution in [0.15, 0.2) is 30.3 Å². The van der Waals surface area contributed by atoms with Gasteiger partial charge in [-0.15, -0.1) is 0 Å². The Balaban J connectivity index is 1.71. The van der Waals surface area contributed by atoms with E-state index in [1.165, 1.54) is 12.8 Å². The third kappa shape index (κ3) is 4.18. The molecule has 0 bridgehead atoms. The van der Waals surface area contributed by atoms with Crippen molar-refractivity contribution in [1.29, 1.82) is 0 Å². The normalized spacial score (nSPS) is 13.5. The molecule has 0 unspecified atom stereocenters. The largest absolute Gasteiger partial charge is 0.462 e. The quantitative estimate of drug-likeness (QED) is 0.797. The van der Waals surface area contributed by atoms with Crippen LogP contribution in [0.1, 0.15) is 35.8 Å². The highest BCUT2D eigenvalue weighted by molar-refractivity contribution is 5.89. The first-order valence-corrected chi connectivity index (χ1v) is 7.80. The molecule has 2 aromatic rings. The van der Waals surface area contributed by atoms with Crippen LogP contribution in [0, 0.1) is 6.92 Å². The van der Waals surface area contributed by atoms with E-state index in [4.69, 9.17) is 4.74 Å². The summed E-state index contributed by atoms with van der Waals surface area (Å²) in [7, 11) is 0. The smallest absolute Gasteiger partial charge is 0.338 e. The van der Waals surface area contributed by atoms with E-state index in [1.54, 1.807) is 19.1 Å². The van der Waals surface area contributed by atoms with Gasteiger partial charge in [0.2, 0.25) is 5.95 Å². The van der Waals surface area contributed by atoms with Crippen molar-refractivity contribution >= 4 is 23.4 Å². The molecule has 0 amide bonds. The maximum atomic E-state index is 11.6. The van der Waals surface area contributed by atoms with Gasteiger partial charge in [-0.05, 0) is 51.0 Å². The van der Waals surface area contributed by atoms with Gasteiger partial charge in [0.05, 0.1) is 12.2 Å². The predicted octanol–water partition coefficient (Wildman–Crippen LogP) is 3.28. The number of nitrogens with one attached hydrogen (secondary N) is 2. The van der Waals surface area contributed by atoms with Crippen LogP contribution in [0.3, 0.4) is 0 Å². The number of esters is 1. The average Bonchev–Trinajstić information content (AvgIpc) is 3.31. The van der Waals surface area contributed by atoms with Crippen molar-refractivity contribution < 1.29 is 9.53 Å². The van der Waals surface area contributed by atoms with Gasteiger partial charge in [0.1, 0.15) is 5.82 Å². The lowest BCUT2D eigenvalue weighted by Gasteiger charge is -2.10. The fourth-order valence-corrected chi connectivity index (χ4v) is 2.17. The van der Waals surface area contributed by atoms with E-state index in [1.807, 2.05) is 25.1 Å². The van der Waals surface area contributed by atoms with E-state index in [9.17, 15) is 4.79 Å². The van der Waals surface area contributed by atoms with E-state index in [0.29, 0.717) is 24.2 Å². The zero-order valence-electron chi connectivity index (χ0n) is 13.3. The van der Waals surface area contributed by atoms with E-state index in [-0.39, 0.29) is 5.97 Å². The highest BCUT2D eigenvalue weighted by Gasteiger charge is 2.21. The monoisotopic (exact) mass is 312 g/mol. The van der Waals surface area contributed by atoms with Crippen LogP contribution >= 0.6 is 0 Å². The summed E-state index contributed by atoms with van der Waals surface area (Å²) >= 11 is 0. The van der Waals surface area contributed by atoms with Crippen LogP contribution in [-0.4, -0.2) is 28.6 Å². The third-order valence-corrected chi connectivity index (χ3v) is 3.44. The number of hydrogen-bond donors (Lipinski definition) is 2. The Labute approximate surface area is 135 Å². The van der Waals surface area contributed by atoms with Crippen molar-refractivity contribution in [1.82, 2.24) is 9.97 Å². The molecule has 3 rings (SSSR count). The van der Waals surface area contributed by atoms with Gasteiger partial charge < -0.3 is 15.4 Å². The van der Waals surface area contributed by atoms with Gasteiger partial charge in [-0.1, -0.05) is 0 Å². The molecule has 1 aliphatic carbocycles. The third-order valence-electron chi connectivity index (χ3n) is 3.44. The summed E-state index contributed by atoms with van der Waals surface area (Å²) in [4.78, 5) is 20.5. The summed E-state index contributed by atoms with van der Waals surface area (Å²) in [6, 6.07) is 9.55. The molecule has 1 aromatic carbocycles. The minimum absolute atomic E-state index is 0.318. The standard InChI is InChI=1S/C17H20N4O2/c1-3-23-16(22)12-4-6-14(7-5-12)20-17-18-11(2)10-15(21-17)19-13-8-9-13/h4-7,10,13H,3,8-9H2,1-2H3,(H2,18,19,20,21). The summed E-state index contributed by atoms with van der Waals surface area (Å²) < 4.78 is 4.97. The number of ether oxygens (including phenoxy) is 1. The van der Waals surface area contributed by atoms with E-state index in [2.05, 4.69) is 20.6 Å². The van der Waals surface area contributed by atoms with E-state index >= 15 is 0 Å². The minimum atomic E-state index is -0.318. The number of aryl methyl sites for hydroxylation is 1. The molecular weight excluding hydrogens is 292 g/mol. The molecule has 1 saturated carbocycles. The fraction of sp³-hybridized carbons (Fsp3) is 0.353. The summed E-state index contributed by atoms with van der Waals surface area (Å²) in [5.74, 6) is 1.06. The van der Waals surface area contributed by atoms with Crippen molar-refractivity contribution in [2.24, 2.45) is 0 Å². The topological polar surface area (TPSA) is 76.1 Å². The first kappa shape index (κ1) is 15.3. The number of aromatic nitrogens is 2. The Morgan fingerprint density at radius 3 is 2.65 bits per heavy atom. The van der Waals surface area contributed by atoms with Crippen molar-refractivity contribution in [2.45, 2.75) is 32.7 Å². The van der Waals surface area contributed by atoms with Gasteiger partial charge >= 0.3 is 5.97 Å². The maximum absolute atomic E-state index is 11.6. The molecule has 0 aliphatic heterocycles. The zero-order valence-corrected chi connectivity index (χ0v) is 13.3. The van der Waals surface area contributed by atoms with E-state index < -0.39 is 0 Å². The molecule has 1 aromatic heterocycles. The molecule has 0 saturated heterocycles. The lowest BCUT2D eigenvalue weighted by molar-refractivity contribution is 0.0526. The average molecular weight is 312 g/mol. The maximum Gasteiger partial charge on any atom is 0.338 e. The molecule has 1 fully saturated rings. The van der Waals surface area contributed by atoms with Gasteiger partial charge in [0, 0.05) is 23.5 Å². The molecule has 6 heteroatoms. The number of hydrogen-bond acceptors (Lipinski definition) is 6. The van der Waals surface area contributed by atoms with Gasteiger partial charge in [-0.25, -0.2) is 9.78 Å². The Kier molecular flexibility index (Phi) is 4.41. The molecule has 120 valence electrons. The van der Waals surface area contributed by atoms with Crippen LogP contribution in [-0.2, 0) is 4.74 Å². The van der Waals surface area contributed by atoms with Crippen molar-refractivity contribution in [2.75, 3.05) is 17.2 Å². The number of carbonyl (C=O) groups is 1. The lowest BCUT2D eigenvalue weighted by Crippen LogP contribution is -2.07. The highest BCUT2D eigenvalue weighted by Crippen LogP contribution is 2.25. The number of anilines is 3. The molecule has 0 spiro atoms.